The first-order chi connectivity index (χ1) is 15.5. The summed E-state index contributed by atoms with van der Waals surface area (Å²) in [7, 11) is 4.63. The Hall–Kier alpha value is -4.01. The number of hydrogen-bond donors (Lipinski definition) is 1. The van der Waals surface area contributed by atoms with Crippen LogP contribution in [0, 0.1) is 6.92 Å². The quantitative estimate of drug-likeness (QED) is 0.610. The van der Waals surface area contributed by atoms with E-state index in [4.69, 9.17) is 19.0 Å². The lowest BCUT2D eigenvalue weighted by Crippen LogP contribution is -2.29. The number of aryl methyl sites for hydroxylation is 1. The van der Waals surface area contributed by atoms with Gasteiger partial charge in [0.15, 0.2) is 11.5 Å². The van der Waals surface area contributed by atoms with Gasteiger partial charge in [-0.15, -0.1) is 0 Å². The van der Waals surface area contributed by atoms with Gasteiger partial charge in [0.1, 0.15) is 5.82 Å². The number of nitrogens with zero attached hydrogens (tertiary/aromatic N) is 3. The molecular weight excluding hydrogens is 412 g/mol. The van der Waals surface area contributed by atoms with Crippen LogP contribution in [0.15, 0.2) is 53.7 Å². The van der Waals surface area contributed by atoms with Gasteiger partial charge in [-0.25, -0.2) is 4.68 Å². The summed E-state index contributed by atoms with van der Waals surface area (Å²) in [6, 6.07) is 14.9. The van der Waals surface area contributed by atoms with E-state index < -0.39 is 6.10 Å². The van der Waals surface area contributed by atoms with Gasteiger partial charge < -0.3 is 24.4 Å². The fraction of sp³-hybridized carbons (Fsp3) is 0.261. The van der Waals surface area contributed by atoms with Gasteiger partial charge in [0, 0.05) is 18.1 Å². The molecule has 0 radical (unpaired) electrons. The van der Waals surface area contributed by atoms with E-state index in [0.29, 0.717) is 35.2 Å². The van der Waals surface area contributed by atoms with Gasteiger partial charge in [-0.2, -0.15) is 5.10 Å². The highest BCUT2D eigenvalue weighted by atomic mass is 16.6. The van der Waals surface area contributed by atoms with Crippen LogP contribution in [-0.4, -0.2) is 48.8 Å². The van der Waals surface area contributed by atoms with Crippen molar-refractivity contribution >= 4 is 17.4 Å². The molecule has 1 amide bonds. The smallest absolute Gasteiger partial charge is 0.269 e. The highest BCUT2D eigenvalue weighted by Gasteiger charge is 2.31. The number of methoxy groups -OCH3 is 3. The zero-order valence-corrected chi connectivity index (χ0v) is 18.3. The molecule has 0 fully saturated rings. The fourth-order valence-corrected chi connectivity index (χ4v) is 3.50. The van der Waals surface area contributed by atoms with Crippen molar-refractivity contribution in [1.82, 2.24) is 9.78 Å². The molecule has 2 aromatic carbocycles. The summed E-state index contributed by atoms with van der Waals surface area (Å²) in [4.78, 5) is 18.4. The van der Waals surface area contributed by atoms with Gasteiger partial charge in [-0.1, -0.05) is 23.4 Å². The Balaban J connectivity index is 1.51. The summed E-state index contributed by atoms with van der Waals surface area (Å²) < 4.78 is 17.8. The maximum atomic E-state index is 12.9. The van der Waals surface area contributed by atoms with Gasteiger partial charge in [-0.05, 0) is 31.2 Å². The number of benzene rings is 2. The molecule has 1 aliphatic rings. The maximum absolute atomic E-state index is 12.9. The van der Waals surface area contributed by atoms with Crippen LogP contribution in [0.2, 0.25) is 0 Å². The topological polar surface area (TPSA) is 96.2 Å². The van der Waals surface area contributed by atoms with Gasteiger partial charge in [0.2, 0.25) is 11.9 Å². The van der Waals surface area contributed by atoms with Crippen molar-refractivity contribution in [3.8, 4) is 22.9 Å². The maximum Gasteiger partial charge on any atom is 0.269 e. The minimum absolute atomic E-state index is 0.295. The summed E-state index contributed by atoms with van der Waals surface area (Å²) in [5.74, 6) is 1.73. The Morgan fingerprint density at radius 1 is 1.06 bits per heavy atom. The van der Waals surface area contributed by atoms with Crippen molar-refractivity contribution in [2.24, 2.45) is 5.16 Å². The second-order valence-electron chi connectivity index (χ2n) is 7.16. The molecule has 0 saturated heterocycles. The SMILES string of the molecule is COc1cc(C2=NO[C@H](C(=O)Nc3cc(C)nn3-c3ccccc3)C2)cc(OC)c1OC. The summed E-state index contributed by atoms with van der Waals surface area (Å²) in [6.07, 6.45) is -0.480. The molecule has 1 atom stereocenters. The minimum Gasteiger partial charge on any atom is -0.493 e. The molecule has 1 aromatic heterocycles. The second kappa shape index (κ2) is 9.01. The van der Waals surface area contributed by atoms with Crippen LogP contribution in [0.3, 0.4) is 0 Å². The van der Waals surface area contributed by atoms with Crippen LogP contribution in [-0.2, 0) is 9.63 Å². The van der Waals surface area contributed by atoms with E-state index >= 15 is 0 Å². The molecular formula is C23H24N4O5. The van der Waals surface area contributed by atoms with E-state index in [9.17, 15) is 4.79 Å². The number of rotatable bonds is 7. The number of para-hydroxylation sites is 1. The Kier molecular flexibility index (Phi) is 5.98. The summed E-state index contributed by atoms with van der Waals surface area (Å²) in [5.41, 5.74) is 2.96. The van der Waals surface area contributed by atoms with Crippen molar-refractivity contribution < 1.29 is 23.8 Å². The van der Waals surface area contributed by atoms with Gasteiger partial charge in [0.05, 0.1) is 38.4 Å². The summed E-state index contributed by atoms with van der Waals surface area (Å²) >= 11 is 0. The molecule has 0 bridgehead atoms. The molecule has 3 aromatic rings. The van der Waals surface area contributed by atoms with Crippen LogP contribution in [0.4, 0.5) is 5.82 Å². The Morgan fingerprint density at radius 3 is 2.38 bits per heavy atom. The Labute approximate surface area is 185 Å². The number of amides is 1. The molecule has 0 aliphatic carbocycles. The number of ether oxygens (including phenoxy) is 3. The van der Waals surface area contributed by atoms with Gasteiger partial charge >= 0.3 is 0 Å². The third kappa shape index (κ3) is 4.09. The molecule has 9 nitrogen and oxygen atoms in total. The first-order valence-corrected chi connectivity index (χ1v) is 10.00. The van der Waals surface area contributed by atoms with Gasteiger partial charge in [-0.3, -0.25) is 4.79 Å². The van der Waals surface area contributed by atoms with E-state index in [-0.39, 0.29) is 5.91 Å². The highest BCUT2D eigenvalue weighted by Crippen LogP contribution is 2.39. The van der Waals surface area contributed by atoms with Crippen molar-refractivity contribution in [2.75, 3.05) is 26.6 Å². The Bertz CT molecular complexity index is 1130. The Morgan fingerprint density at radius 2 is 1.75 bits per heavy atom. The number of anilines is 1. The van der Waals surface area contributed by atoms with E-state index in [1.165, 1.54) is 0 Å². The van der Waals surface area contributed by atoms with E-state index in [1.807, 2.05) is 37.3 Å². The lowest BCUT2D eigenvalue weighted by molar-refractivity contribution is -0.125. The normalized spacial score (nSPS) is 15.0. The average molecular weight is 436 g/mol. The van der Waals surface area contributed by atoms with Crippen LogP contribution in [0.5, 0.6) is 17.2 Å². The second-order valence-corrected chi connectivity index (χ2v) is 7.16. The van der Waals surface area contributed by atoms with Crippen LogP contribution >= 0.6 is 0 Å². The van der Waals surface area contributed by atoms with Crippen molar-refractivity contribution in [3.63, 3.8) is 0 Å². The number of carbonyl (C=O) groups is 1. The average Bonchev–Trinajstić information content (AvgIpc) is 3.45. The van der Waals surface area contributed by atoms with Crippen molar-refractivity contribution in [1.29, 1.82) is 0 Å². The van der Waals surface area contributed by atoms with Crippen LogP contribution < -0.4 is 19.5 Å². The predicted octanol–water partition coefficient (Wildman–Crippen LogP) is 3.34. The van der Waals surface area contributed by atoms with E-state index in [2.05, 4.69) is 15.6 Å². The molecule has 0 saturated carbocycles. The first-order valence-electron chi connectivity index (χ1n) is 10.00. The first kappa shape index (κ1) is 21.2. The molecule has 32 heavy (non-hydrogen) atoms. The molecule has 9 heteroatoms. The molecule has 1 aliphatic heterocycles. The summed E-state index contributed by atoms with van der Waals surface area (Å²) in [5, 5.41) is 11.5. The van der Waals surface area contributed by atoms with Crippen molar-refractivity contribution in [3.05, 3.63) is 59.8 Å². The van der Waals surface area contributed by atoms with E-state index in [0.717, 1.165) is 16.9 Å². The van der Waals surface area contributed by atoms with Crippen LogP contribution in [0.25, 0.3) is 5.69 Å². The number of carbonyl (C=O) groups excluding carboxylic acids is 1. The van der Waals surface area contributed by atoms with Gasteiger partial charge in [0.25, 0.3) is 5.91 Å². The summed E-state index contributed by atoms with van der Waals surface area (Å²) in [6.45, 7) is 1.87. The third-order valence-electron chi connectivity index (χ3n) is 5.04. The molecule has 1 N–H and O–H groups in total. The zero-order valence-electron chi connectivity index (χ0n) is 18.3. The minimum atomic E-state index is -0.775. The lowest BCUT2D eigenvalue weighted by Gasteiger charge is -2.14. The molecule has 4 rings (SSSR count). The predicted molar refractivity (Wildman–Crippen MR) is 119 cm³/mol. The lowest BCUT2D eigenvalue weighted by atomic mass is 10.0. The number of oxime groups is 1. The molecule has 2 heterocycles. The molecule has 166 valence electrons. The molecule has 0 spiro atoms. The monoisotopic (exact) mass is 436 g/mol. The van der Waals surface area contributed by atoms with Crippen LogP contribution in [0.1, 0.15) is 17.7 Å². The van der Waals surface area contributed by atoms with E-state index in [1.54, 1.807) is 44.2 Å². The standard InChI is InChI=1S/C23H24N4O5/c1-14-10-21(27(25-14)16-8-6-5-7-9-16)24-23(28)20-13-17(26-32-20)15-11-18(29-2)22(31-4)19(12-15)30-3/h5-12,20H,13H2,1-4H3,(H,24,28)/t20-/m0/s1. The highest BCUT2D eigenvalue weighted by molar-refractivity contribution is 6.06. The fourth-order valence-electron chi connectivity index (χ4n) is 3.50. The molecule has 0 unspecified atom stereocenters. The number of nitrogens with one attached hydrogen (secondary N) is 1. The third-order valence-corrected chi connectivity index (χ3v) is 5.04. The zero-order chi connectivity index (χ0) is 22.7. The van der Waals surface area contributed by atoms with Crippen molar-refractivity contribution in [2.45, 2.75) is 19.4 Å². The largest absolute Gasteiger partial charge is 0.493 e. The number of aromatic nitrogens is 2. The number of hydrogen-bond acceptors (Lipinski definition) is 7.